The van der Waals surface area contributed by atoms with Gasteiger partial charge < -0.3 is 10.1 Å². The molecule has 0 amide bonds. The molecule has 0 radical (unpaired) electrons. The average molecular weight is 159 g/mol. The molecule has 0 unspecified atom stereocenters. The molecule has 3 nitrogen and oxygen atoms in total. The second-order valence-electron chi connectivity index (χ2n) is 2.43. The van der Waals surface area contributed by atoms with Gasteiger partial charge in [-0.05, 0) is 26.8 Å². The predicted molar refractivity (Wildman–Crippen MR) is 44.7 cm³/mol. The van der Waals surface area contributed by atoms with E-state index in [1.165, 1.54) is 0 Å². The van der Waals surface area contributed by atoms with Crippen LogP contribution in [0.2, 0.25) is 0 Å². The molecule has 0 aromatic carbocycles. The van der Waals surface area contributed by atoms with E-state index in [0.717, 1.165) is 26.2 Å². The first-order valence-electron chi connectivity index (χ1n) is 4.05. The maximum atomic E-state index is 10.4. The fourth-order valence-corrected chi connectivity index (χ4v) is 0.708. The molecular formula is C8H17NO2. The normalized spacial score (nSPS) is 10.0. The molecule has 0 rings (SSSR count). The summed E-state index contributed by atoms with van der Waals surface area (Å²) in [5.41, 5.74) is 0. The van der Waals surface area contributed by atoms with Crippen molar-refractivity contribution in [3.05, 3.63) is 0 Å². The van der Waals surface area contributed by atoms with E-state index in [1.54, 1.807) is 6.92 Å². The molecule has 0 heterocycles. The van der Waals surface area contributed by atoms with E-state index in [4.69, 9.17) is 4.74 Å². The van der Waals surface area contributed by atoms with Gasteiger partial charge in [0.05, 0.1) is 6.54 Å². The zero-order valence-corrected chi connectivity index (χ0v) is 7.35. The summed E-state index contributed by atoms with van der Waals surface area (Å²) in [5.74, 6) is 0.182. The van der Waals surface area contributed by atoms with E-state index in [1.807, 2.05) is 6.92 Å². The lowest BCUT2D eigenvalue weighted by molar-refractivity contribution is -0.116. The molecule has 0 aliphatic rings. The highest BCUT2D eigenvalue weighted by Gasteiger charge is 1.90. The standard InChI is InChI=1S/C8H17NO2/c1-3-11-6-4-5-9-7-8(2)10/h9H,3-7H2,1-2H3. The zero-order chi connectivity index (χ0) is 8.53. The first-order valence-corrected chi connectivity index (χ1v) is 4.05. The van der Waals surface area contributed by atoms with Crippen LogP contribution < -0.4 is 5.32 Å². The number of ketones is 1. The highest BCUT2D eigenvalue weighted by Crippen LogP contribution is 1.79. The number of Topliss-reactive ketones (excluding diaryl/α,β-unsaturated/α-hetero) is 1. The van der Waals surface area contributed by atoms with Gasteiger partial charge in [0.25, 0.3) is 0 Å². The van der Waals surface area contributed by atoms with Crippen molar-refractivity contribution in [3.63, 3.8) is 0 Å². The molecule has 0 spiro atoms. The molecule has 11 heavy (non-hydrogen) atoms. The van der Waals surface area contributed by atoms with Crippen molar-refractivity contribution in [1.82, 2.24) is 5.32 Å². The highest BCUT2D eigenvalue weighted by molar-refractivity contribution is 5.77. The van der Waals surface area contributed by atoms with Crippen LogP contribution in [0.25, 0.3) is 0 Å². The molecule has 0 atom stereocenters. The van der Waals surface area contributed by atoms with Crippen LogP contribution in [-0.2, 0) is 9.53 Å². The molecule has 66 valence electrons. The smallest absolute Gasteiger partial charge is 0.143 e. The van der Waals surface area contributed by atoms with Crippen LogP contribution in [0.3, 0.4) is 0 Å². The maximum absolute atomic E-state index is 10.4. The molecule has 0 aliphatic heterocycles. The second-order valence-corrected chi connectivity index (χ2v) is 2.43. The molecule has 1 N–H and O–H groups in total. The number of hydrogen-bond acceptors (Lipinski definition) is 3. The lowest BCUT2D eigenvalue weighted by Gasteiger charge is -2.01. The van der Waals surface area contributed by atoms with Crippen molar-refractivity contribution in [1.29, 1.82) is 0 Å². The van der Waals surface area contributed by atoms with Gasteiger partial charge in [0.1, 0.15) is 5.78 Å². The summed E-state index contributed by atoms with van der Waals surface area (Å²) >= 11 is 0. The number of nitrogens with one attached hydrogen (secondary N) is 1. The Bertz CT molecular complexity index is 104. The van der Waals surface area contributed by atoms with Gasteiger partial charge in [-0.1, -0.05) is 0 Å². The molecule has 0 bridgehead atoms. The Kier molecular flexibility index (Phi) is 7.41. The van der Waals surface area contributed by atoms with Crippen LogP contribution in [0.15, 0.2) is 0 Å². The van der Waals surface area contributed by atoms with E-state index in [2.05, 4.69) is 5.32 Å². The van der Waals surface area contributed by atoms with E-state index in [0.29, 0.717) is 6.54 Å². The Labute approximate surface area is 68.1 Å². The van der Waals surface area contributed by atoms with Gasteiger partial charge in [0.2, 0.25) is 0 Å². The van der Waals surface area contributed by atoms with Gasteiger partial charge in [-0.15, -0.1) is 0 Å². The van der Waals surface area contributed by atoms with Crippen LogP contribution in [0.1, 0.15) is 20.3 Å². The Morgan fingerprint density at radius 2 is 2.27 bits per heavy atom. The minimum absolute atomic E-state index is 0.182. The molecule has 0 aliphatic carbocycles. The number of ether oxygens (including phenoxy) is 1. The number of carbonyl (C=O) groups is 1. The summed E-state index contributed by atoms with van der Waals surface area (Å²) < 4.78 is 5.12. The van der Waals surface area contributed by atoms with Gasteiger partial charge in [-0.3, -0.25) is 4.79 Å². The van der Waals surface area contributed by atoms with Crippen molar-refractivity contribution >= 4 is 5.78 Å². The second kappa shape index (κ2) is 7.69. The van der Waals surface area contributed by atoms with Crippen molar-refractivity contribution in [2.45, 2.75) is 20.3 Å². The van der Waals surface area contributed by atoms with Crippen LogP contribution in [0.4, 0.5) is 0 Å². The Hall–Kier alpha value is -0.410. The van der Waals surface area contributed by atoms with Crippen LogP contribution >= 0.6 is 0 Å². The van der Waals surface area contributed by atoms with Crippen LogP contribution in [0.5, 0.6) is 0 Å². The van der Waals surface area contributed by atoms with Crippen LogP contribution in [0, 0.1) is 0 Å². The first-order chi connectivity index (χ1) is 5.27. The van der Waals surface area contributed by atoms with Gasteiger partial charge in [-0.2, -0.15) is 0 Å². The first kappa shape index (κ1) is 10.6. The fraction of sp³-hybridized carbons (Fsp3) is 0.875. The van der Waals surface area contributed by atoms with Crippen LogP contribution in [-0.4, -0.2) is 32.1 Å². The van der Waals surface area contributed by atoms with E-state index < -0.39 is 0 Å². The van der Waals surface area contributed by atoms with Gasteiger partial charge in [-0.25, -0.2) is 0 Å². The van der Waals surface area contributed by atoms with E-state index >= 15 is 0 Å². The third-order valence-electron chi connectivity index (χ3n) is 1.22. The monoisotopic (exact) mass is 159 g/mol. The van der Waals surface area contributed by atoms with Gasteiger partial charge in [0.15, 0.2) is 0 Å². The molecule has 0 saturated heterocycles. The Morgan fingerprint density at radius 3 is 2.82 bits per heavy atom. The number of carbonyl (C=O) groups excluding carboxylic acids is 1. The van der Waals surface area contributed by atoms with Gasteiger partial charge >= 0.3 is 0 Å². The van der Waals surface area contributed by atoms with E-state index in [-0.39, 0.29) is 5.78 Å². The maximum Gasteiger partial charge on any atom is 0.143 e. The van der Waals surface area contributed by atoms with E-state index in [9.17, 15) is 4.79 Å². The summed E-state index contributed by atoms with van der Waals surface area (Å²) in [4.78, 5) is 10.4. The summed E-state index contributed by atoms with van der Waals surface area (Å²) in [7, 11) is 0. The third kappa shape index (κ3) is 9.59. The highest BCUT2D eigenvalue weighted by atomic mass is 16.5. The molecular weight excluding hydrogens is 142 g/mol. The number of rotatable bonds is 7. The third-order valence-corrected chi connectivity index (χ3v) is 1.22. The average Bonchev–Trinajstić information content (AvgIpc) is 1.96. The largest absolute Gasteiger partial charge is 0.382 e. The number of hydrogen-bond donors (Lipinski definition) is 1. The zero-order valence-electron chi connectivity index (χ0n) is 7.35. The minimum Gasteiger partial charge on any atom is -0.382 e. The summed E-state index contributed by atoms with van der Waals surface area (Å²) in [6.45, 7) is 6.44. The topological polar surface area (TPSA) is 38.3 Å². The SMILES string of the molecule is CCOCCCNCC(C)=O. The quantitative estimate of drug-likeness (QED) is 0.552. The van der Waals surface area contributed by atoms with Crippen molar-refractivity contribution in [2.24, 2.45) is 0 Å². The molecule has 0 aromatic heterocycles. The predicted octanol–water partition coefficient (Wildman–Crippen LogP) is 0.592. The fourth-order valence-electron chi connectivity index (χ4n) is 0.708. The van der Waals surface area contributed by atoms with Gasteiger partial charge in [0, 0.05) is 13.2 Å². The van der Waals surface area contributed by atoms with Crippen molar-refractivity contribution in [3.8, 4) is 0 Å². The lowest BCUT2D eigenvalue weighted by Crippen LogP contribution is -2.22. The van der Waals surface area contributed by atoms with Crippen molar-refractivity contribution in [2.75, 3.05) is 26.3 Å². The lowest BCUT2D eigenvalue weighted by atomic mass is 10.4. The molecule has 0 saturated carbocycles. The Balaban J connectivity index is 2.85. The van der Waals surface area contributed by atoms with Crippen molar-refractivity contribution < 1.29 is 9.53 Å². The molecule has 3 heteroatoms. The minimum atomic E-state index is 0.182. The summed E-state index contributed by atoms with van der Waals surface area (Å²) in [6.07, 6.45) is 0.973. The molecule has 0 fully saturated rings. The molecule has 0 aromatic rings. The Morgan fingerprint density at radius 1 is 1.55 bits per heavy atom. The summed E-state index contributed by atoms with van der Waals surface area (Å²) in [5, 5.41) is 3.01. The summed E-state index contributed by atoms with van der Waals surface area (Å²) in [6, 6.07) is 0.